The second kappa shape index (κ2) is 6.99. The molecule has 0 spiro atoms. The lowest BCUT2D eigenvalue weighted by molar-refractivity contribution is -0.115. The number of likely N-dealkylation sites (N-methyl/N-ethyl adjacent to an activating group) is 1. The standard InChI is InChI=1S/C16H18ClN3O/c1-2-20(15-8-4-6-13(18)10-15)11-16(21)19-14-7-3-5-12(17)9-14/h3-10H,2,11,18H2,1H3,(H,19,21). The first-order valence-electron chi connectivity index (χ1n) is 6.74. The van der Waals surface area contributed by atoms with Gasteiger partial charge in [-0.05, 0) is 43.3 Å². The molecule has 0 aliphatic heterocycles. The van der Waals surface area contributed by atoms with Crippen molar-refractivity contribution in [2.75, 3.05) is 29.0 Å². The molecule has 0 aliphatic carbocycles. The van der Waals surface area contributed by atoms with Crippen molar-refractivity contribution in [1.29, 1.82) is 0 Å². The van der Waals surface area contributed by atoms with Crippen molar-refractivity contribution < 1.29 is 4.79 Å². The van der Waals surface area contributed by atoms with Crippen LogP contribution >= 0.6 is 11.6 Å². The number of halogens is 1. The number of rotatable bonds is 5. The second-order valence-corrected chi connectivity index (χ2v) is 5.10. The van der Waals surface area contributed by atoms with Crippen LogP contribution < -0.4 is 16.0 Å². The number of nitrogens with one attached hydrogen (secondary N) is 1. The number of anilines is 3. The van der Waals surface area contributed by atoms with Crippen molar-refractivity contribution in [3.05, 3.63) is 53.6 Å². The Kier molecular flexibility index (Phi) is 5.06. The fourth-order valence-electron chi connectivity index (χ4n) is 2.05. The number of hydrogen-bond acceptors (Lipinski definition) is 3. The van der Waals surface area contributed by atoms with Gasteiger partial charge < -0.3 is 16.0 Å². The summed E-state index contributed by atoms with van der Waals surface area (Å²) in [4.78, 5) is 14.1. The second-order valence-electron chi connectivity index (χ2n) is 4.67. The molecule has 1 amide bonds. The summed E-state index contributed by atoms with van der Waals surface area (Å²) in [6, 6.07) is 14.6. The Balaban J connectivity index is 2.03. The van der Waals surface area contributed by atoms with Gasteiger partial charge in [0.25, 0.3) is 0 Å². The van der Waals surface area contributed by atoms with Crippen molar-refractivity contribution in [2.24, 2.45) is 0 Å². The van der Waals surface area contributed by atoms with Gasteiger partial charge >= 0.3 is 0 Å². The highest BCUT2D eigenvalue weighted by atomic mass is 35.5. The molecule has 0 fully saturated rings. The number of benzene rings is 2. The van der Waals surface area contributed by atoms with E-state index in [0.717, 1.165) is 5.69 Å². The molecule has 0 saturated heterocycles. The van der Waals surface area contributed by atoms with Crippen molar-refractivity contribution in [2.45, 2.75) is 6.92 Å². The molecule has 2 aromatic carbocycles. The topological polar surface area (TPSA) is 58.4 Å². The van der Waals surface area contributed by atoms with Gasteiger partial charge in [-0.2, -0.15) is 0 Å². The van der Waals surface area contributed by atoms with E-state index in [1.54, 1.807) is 24.3 Å². The number of carbonyl (C=O) groups excluding carboxylic acids is 1. The van der Waals surface area contributed by atoms with Crippen LogP contribution in [-0.2, 0) is 4.79 Å². The van der Waals surface area contributed by atoms with Crippen LogP contribution in [0, 0.1) is 0 Å². The van der Waals surface area contributed by atoms with Gasteiger partial charge in [-0.15, -0.1) is 0 Å². The summed E-state index contributed by atoms with van der Waals surface area (Å²) >= 11 is 5.90. The molecule has 0 aromatic heterocycles. The molecule has 0 bridgehead atoms. The Hall–Kier alpha value is -2.20. The maximum atomic E-state index is 12.1. The van der Waals surface area contributed by atoms with Crippen LogP contribution in [0.3, 0.4) is 0 Å². The lowest BCUT2D eigenvalue weighted by Gasteiger charge is -2.22. The minimum Gasteiger partial charge on any atom is -0.399 e. The molecule has 4 nitrogen and oxygen atoms in total. The summed E-state index contributed by atoms with van der Waals surface area (Å²) in [5.74, 6) is -0.0958. The number of amides is 1. The Morgan fingerprint density at radius 1 is 1.24 bits per heavy atom. The van der Waals surface area contributed by atoms with Gasteiger partial charge in [-0.25, -0.2) is 0 Å². The van der Waals surface area contributed by atoms with Crippen molar-refractivity contribution in [3.63, 3.8) is 0 Å². The fraction of sp³-hybridized carbons (Fsp3) is 0.188. The number of nitrogens with zero attached hydrogens (tertiary/aromatic N) is 1. The fourth-order valence-corrected chi connectivity index (χ4v) is 2.24. The summed E-state index contributed by atoms with van der Waals surface area (Å²) in [6.07, 6.45) is 0. The van der Waals surface area contributed by atoms with E-state index in [2.05, 4.69) is 5.32 Å². The Morgan fingerprint density at radius 2 is 2.00 bits per heavy atom. The number of nitrogens with two attached hydrogens (primary N) is 1. The minimum absolute atomic E-state index is 0.0958. The summed E-state index contributed by atoms with van der Waals surface area (Å²) in [5.41, 5.74) is 8.08. The lowest BCUT2D eigenvalue weighted by Crippen LogP contribution is -2.33. The molecule has 0 atom stereocenters. The Labute approximate surface area is 129 Å². The van der Waals surface area contributed by atoms with Gasteiger partial charge in [-0.1, -0.05) is 23.7 Å². The molecular formula is C16H18ClN3O. The largest absolute Gasteiger partial charge is 0.399 e. The van der Waals surface area contributed by atoms with Gasteiger partial charge in [-0.3, -0.25) is 4.79 Å². The molecule has 5 heteroatoms. The molecular weight excluding hydrogens is 286 g/mol. The number of nitrogen functional groups attached to an aromatic ring is 1. The first kappa shape index (κ1) is 15.2. The zero-order valence-electron chi connectivity index (χ0n) is 11.8. The monoisotopic (exact) mass is 303 g/mol. The van der Waals surface area contributed by atoms with E-state index in [9.17, 15) is 4.79 Å². The van der Waals surface area contributed by atoms with Gasteiger partial charge in [0.1, 0.15) is 0 Å². The highest BCUT2D eigenvalue weighted by molar-refractivity contribution is 6.30. The van der Waals surface area contributed by atoms with Crippen LogP contribution in [0.5, 0.6) is 0 Å². The molecule has 110 valence electrons. The van der Waals surface area contributed by atoms with Gasteiger partial charge in [0, 0.05) is 28.6 Å². The molecule has 3 N–H and O–H groups in total. The molecule has 0 heterocycles. The Bertz CT molecular complexity index is 630. The molecule has 0 aliphatic rings. The van der Waals surface area contributed by atoms with Crippen molar-refractivity contribution in [3.8, 4) is 0 Å². The van der Waals surface area contributed by atoms with Crippen LogP contribution in [0.2, 0.25) is 5.02 Å². The maximum Gasteiger partial charge on any atom is 0.243 e. The van der Waals surface area contributed by atoms with Crippen LogP contribution in [0.15, 0.2) is 48.5 Å². The molecule has 0 saturated carbocycles. The average Bonchev–Trinajstić information content (AvgIpc) is 2.44. The Morgan fingerprint density at radius 3 is 2.67 bits per heavy atom. The van der Waals surface area contributed by atoms with E-state index in [4.69, 9.17) is 17.3 Å². The quantitative estimate of drug-likeness (QED) is 0.832. The number of carbonyl (C=O) groups is 1. The van der Waals surface area contributed by atoms with E-state index in [1.807, 2.05) is 36.1 Å². The normalized spacial score (nSPS) is 10.2. The highest BCUT2D eigenvalue weighted by Crippen LogP contribution is 2.18. The van der Waals surface area contributed by atoms with E-state index < -0.39 is 0 Å². The molecule has 2 aromatic rings. The van der Waals surface area contributed by atoms with E-state index >= 15 is 0 Å². The first-order valence-corrected chi connectivity index (χ1v) is 7.12. The zero-order chi connectivity index (χ0) is 15.2. The first-order chi connectivity index (χ1) is 10.1. The van der Waals surface area contributed by atoms with E-state index in [-0.39, 0.29) is 12.5 Å². The summed E-state index contributed by atoms with van der Waals surface area (Å²) in [5, 5.41) is 3.43. The van der Waals surface area contributed by atoms with E-state index in [1.165, 1.54) is 0 Å². The SMILES string of the molecule is CCN(CC(=O)Nc1cccc(Cl)c1)c1cccc(N)c1. The van der Waals surface area contributed by atoms with Gasteiger partial charge in [0.15, 0.2) is 0 Å². The van der Waals surface area contributed by atoms with Gasteiger partial charge in [0.2, 0.25) is 5.91 Å². The average molecular weight is 304 g/mol. The summed E-state index contributed by atoms with van der Waals surface area (Å²) in [7, 11) is 0. The van der Waals surface area contributed by atoms with Crippen LogP contribution in [0.4, 0.5) is 17.1 Å². The van der Waals surface area contributed by atoms with Crippen LogP contribution in [0.1, 0.15) is 6.92 Å². The third-order valence-electron chi connectivity index (χ3n) is 3.06. The maximum absolute atomic E-state index is 12.1. The number of hydrogen-bond donors (Lipinski definition) is 2. The highest BCUT2D eigenvalue weighted by Gasteiger charge is 2.10. The van der Waals surface area contributed by atoms with Crippen molar-refractivity contribution in [1.82, 2.24) is 0 Å². The predicted molar refractivity (Wildman–Crippen MR) is 88.8 cm³/mol. The minimum atomic E-state index is -0.0958. The smallest absolute Gasteiger partial charge is 0.243 e. The summed E-state index contributed by atoms with van der Waals surface area (Å²) in [6.45, 7) is 2.97. The molecule has 21 heavy (non-hydrogen) atoms. The van der Waals surface area contributed by atoms with E-state index in [0.29, 0.717) is 22.9 Å². The van der Waals surface area contributed by atoms with Crippen molar-refractivity contribution >= 4 is 34.6 Å². The molecule has 2 rings (SSSR count). The third kappa shape index (κ3) is 4.39. The van der Waals surface area contributed by atoms with Crippen LogP contribution in [-0.4, -0.2) is 19.0 Å². The zero-order valence-corrected chi connectivity index (χ0v) is 12.6. The van der Waals surface area contributed by atoms with Crippen LogP contribution in [0.25, 0.3) is 0 Å². The molecule has 0 radical (unpaired) electrons. The lowest BCUT2D eigenvalue weighted by atomic mass is 10.2. The predicted octanol–water partition coefficient (Wildman–Crippen LogP) is 3.39. The summed E-state index contributed by atoms with van der Waals surface area (Å²) < 4.78 is 0. The molecule has 0 unspecified atom stereocenters. The third-order valence-corrected chi connectivity index (χ3v) is 3.30. The van der Waals surface area contributed by atoms with Gasteiger partial charge in [0.05, 0.1) is 6.54 Å².